The molecule has 146 valence electrons. The number of hydrogen-bond donors (Lipinski definition) is 3. The predicted molar refractivity (Wildman–Crippen MR) is 79.1 cm³/mol. The molecule has 0 aromatic rings. The van der Waals surface area contributed by atoms with E-state index < -0.39 is 39.8 Å². The average Bonchev–Trinajstić information content (AvgIpc) is 2.89. The Bertz CT molecular complexity index is 588. The van der Waals surface area contributed by atoms with E-state index in [0.717, 1.165) is 32.1 Å². The molecule has 3 unspecified atom stereocenters. The van der Waals surface area contributed by atoms with Crippen LogP contribution in [0.5, 0.6) is 0 Å². The summed E-state index contributed by atoms with van der Waals surface area (Å²) < 4.78 is 64.4. The van der Waals surface area contributed by atoms with Crippen LogP contribution in [0, 0.1) is 5.92 Å². The van der Waals surface area contributed by atoms with Crippen LogP contribution in [-0.2, 0) is 24.4 Å². The molecule has 25 heavy (non-hydrogen) atoms. The number of alkyl halides is 2. The van der Waals surface area contributed by atoms with Gasteiger partial charge in [-0.25, -0.2) is 4.79 Å². The monoisotopic (exact) mass is 388 g/mol. The Morgan fingerprint density at radius 2 is 1.88 bits per heavy atom. The van der Waals surface area contributed by atoms with E-state index in [4.69, 9.17) is 14.4 Å². The van der Waals surface area contributed by atoms with Crippen LogP contribution in [-0.4, -0.2) is 59.0 Å². The Morgan fingerprint density at radius 3 is 2.36 bits per heavy atom. The van der Waals surface area contributed by atoms with Crippen molar-refractivity contribution in [1.82, 2.24) is 0 Å². The third-order valence-corrected chi connectivity index (χ3v) is 5.70. The molecule has 0 amide bonds. The van der Waals surface area contributed by atoms with Crippen molar-refractivity contribution in [3.63, 3.8) is 0 Å². The Morgan fingerprint density at radius 1 is 1.28 bits per heavy atom. The van der Waals surface area contributed by atoms with Gasteiger partial charge in [-0.15, -0.1) is 0 Å². The summed E-state index contributed by atoms with van der Waals surface area (Å²) in [6, 6.07) is 0. The fourth-order valence-electron chi connectivity index (χ4n) is 3.25. The van der Waals surface area contributed by atoms with Gasteiger partial charge in [0.05, 0.1) is 11.7 Å². The zero-order chi connectivity index (χ0) is 18.9. The van der Waals surface area contributed by atoms with Crippen LogP contribution >= 0.6 is 0 Å². The van der Waals surface area contributed by atoms with Crippen molar-refractivity contribution >= 4 is 16.1 Å². The molecule has 2 fully saturated rings. The smallest absolute Gasteiger partial charge is 0.426 e. The standard InChI is InChI=1S/C14H22F2O8S/c15-14(16,25(20,21)22)12(18)24-11(17)8-23-10-4-3-9(10)7-13(19)5-1-2-6-13/h9-10,12,18-19H,1-8H2,(H,20,21,22). The van der Waals surface area contributed by atoms with Crippen molar-refractivity contribution in [1.29, 1.82) is 0 Å². The van der Waals surface area contributed by atoms with Gasteiger partial charge >= 0.3 is 21.3 Å². The second kappa shape index (κ2) is 7.39. The normalized spacial score (nSPS) is 27.6. The van der Waals surface area contributed by atoms with E-state index in [1.807, 2.05) is 0 Å². The molecule has 2 saturated carbocycles. The van der Waals surface area contributed by atoms with E-state index in [1.165, 1.54) is 0 Å². The Hall–Kier alpha value is -0.880. The van der Waals surface area contributed by atoms with Gasteiger partial charge in [0.1, 0.15) is 6.61 Å². The largest absolute Gasteiger partial charge is 0.430 e. The lowest BCUT2D eigenvalue weighted by atomic mass is 9.74. The first-order valence-electron chi connectivity index (χ1n) is 8.01. The van der Waals surface area contributed by atoms with E-state index in [-0.39, 0.29) is 12.0 Å². The highest BCUT2D eigenvalue weighted by Crippen LogP contribution is 2.42. The van der Waals surface area contributed by atoms with E-state index in [0.29, 0.717) is 12.8 Å². The maximum absolute atomic E-state index is 13.1. The molecule has 2 aliphatic rings. The van der Waals surface area contributed by atoms with Crippen molar-refractivity contribution in [2.24, 2.45) is 5.92 Å². The number of aliphatic hydroxyl groups is 2. The highest BCUT2D eigenvalue weighted by molar-refractivity contribution is 7.86. The lowest BCUT2D eigenvalue weighted by Gasteiger charge is -2.40. The zero-order valence-electron chi connectivity index (χ0n) is 13.4. The van der Waals surface area contributed by atoms with Gasteiger partial charge in [0.15, 0.2) is 0 Å². The van der Waals surface area contributed by atoms with Crippen LogP contribution < -0.4 is 0 Å². The van der Waals surface area contributed by atoms with Gasteiger partial charge in [-0.1, -0.05) is 12.8 Å². The number of aliphatic hydroxyl groups excluding tert-OH is 1. The minimum Gasteiger partial charge on any atom is -0.426 e. The number of carbonyl (C=O) groups is 1. The average molecular weight is 388 g/mol. The zero-order valence-corrected chi connectivity index (χ0v) is 14.3. The van der Waals surface area contributed by atoms with Crippen LogP contribution in [0.3, 0.4) is 0 Å². The van der Waals surface area contributed by atoms with Crippen molar-refractivity contribution in [3.8, 4) is 0 Å². The molecule has 11 heteroatoms. The molecule has 3 N–H and O–H groups in total. The Labute approximate surface area is 143 Å². The van der Waals surface area contributed by atoms with E-state index >= 15 is 0 Å². The van der Waals surface area contributed by atoms with Gasteiger partial charge < -0.3 is 19.7 Å². The van der Waals surface area contributed by atoms with Crippen molar-refractivity contribution in [2.45, 2.75) is 68.2 Å². The van der Waals surface area contributed by atoms with E-state index in [2.05, 4.69) is 4.74 Å². The van der Waals surface area contributed by atoms with Crippen LogP contribution in [0.2, 0.25) is 0 Å². The van der Waals surface area contributed by atoms with Crippen LogP contribution in [0.25, 0.3) is 0 Å². The molecule has 0 radical (unpaired) electrons. The molecule has 0 heterocycles. The first-order chi connectivity index (χ1) is 11.4. The first kappa shape index (κ1) is 20.4. The van der Waals surface area contributed by atoms with E-state index in [1.54, 1.807) is 0 Å². The SMILES string of the molecule is O=C(COC1CCC1CC1(O)CCCC1)OC(O)C(F)(F)S(=O)(=O)O. The molecule has 3 atom stereocenters. The number of carbonyl (C=O) groups excluding carboxylic acids is 1. The quantitative estimate of drug-likeness (QED) is 0.316. The lowest BCUT2D eigenvalue weighted by molar-refractivity contribution is -0.211. The summed E-state index contributed by atoms with van der Waals surface area (Å²) in [5, 5.41) is 14.3. The van der Waals surface area contributed by atoms with Crippen LogP contribution in [0.15, 0.2) is 0 Å². The summed E-state index contributed by atoms with van der Waals surface area (Å²) in [7, 11) is -5.93. The van der Waals surface area contributed by atoms with Gasteiger partial charge in [-0.05, 0) is 38.0 Å². The molecule has 0 spiro atoms. The maximum Gasteiger partial charge on any atom is 0.430 e. The van der Waals surface area contributed by atoms with Crippen molar-refractivity contribution < 1.29 is 46.2 Å². The third-order valence-electron chi connectivity index (χ3n) is 4.81. The summed E-state index contributed by atoms with van der Waals surface area (Å²) in [5.74, 6) is -1.35. The number of ether oxygens (including phenoxy) is 2. The summed E-state index contributed by atoms with van der Waals surface area (Å²) in [6.45, 7) is -0.752. The second-order valence-corrected chi connectivity index (χ2v) is 8.20. The third kappa shape index (κ3) is 4.85. The molecule has 2 aliphatic carbocycles. The van der Waals surface area contributed by atoms with Gasteiger partial charge in [0.25, 0.3) is 6.29 Å². The second-order valence-electron chi connectivity index (χ2n) is 6.70. The van der Waals surface area contributed by atoms with E-state index in [9.17, 15) is 27.1 Å². The Kier molecular flexibility index (Phi) is 6.04. The lowest BCUT2D eigenvalue weighted by Crippen LogP contribution is -2.45. The molecule has 0 saturated heterocycles. The molecule has 0 aromatic heterocycles. The fourth-order valence-corrected chi connectivity index (χ4v) is 3.55. The van der Waals surface area contributed by atoms with Crippen LogP contribution in [0.4, 0.5) is 8.78 Å². The molecule has 0 aromatic carbocycles. The fraction of sp³-hybridized carbons (Fsp3) is 0.929. The number of hydrogen-bond acceptors (Lipinski definition) is 7. The molecule has 8 nitrogen and oxygen atoms in total. The molecular formula is C14H22F2O8S. The highest BCUT2D eigenvalue weighted by atomic mass is 32.2. The van der Waals surface area contributed by atoms with Gasteiger partial charge in [0, 0.05) is 0 Å². The number of esters is 1. The molecule has 0 bridgehead atoms. The predicted octanol–water partition coefficient (Wildman–Crippen LogP) is 0.819. The number of rotatable bonds is 8. The molecular weight excluding hydrogens is 366 g/mol. The Balaban J connectivity index is 1.76. The minimum atomic E-state index is -5.93. The maximum atomic E-state index is 13.1. The van der Waals surface area contributed by atoms with Gasteiger partial charge in [0.2, 0.25) is 0 Å². The van der Waals surface area contributed by atoms with Crippen molar-refractivity contribution in [2.75, 3.05) is 6.61 Å². The summed E-state index contributed by atoms with van der Waals surface area (Å²) in [5.41, 5.74) is -0.721. The topological polar surface area (TPSA) is 130 Å². The van der Waals surface area contributed by atoms with Gasteiger partial charge in [-0.3, -0.25) is 4.55 Å². The summed E-state index contributed by atoms with van der Waals surface area (Å²) in [6.07, 6.45) is 1.66. The molecule has 0 aliphatic heterocycles. The number of halogens is 2. The molecule has 2 rings (SSSR count). The van der Waals surface area contributed by atoms with Gasteiger partial charge in [-0.2, -0.15) is 17.2 Å². The summed E-state index contributed by atoms with van der Waals surface area (Å²) in [4.78, 5) is 11.4. The van der Waals surface area contributed by atoms with Crippen molar-refractivity contribution in [3.05, 3.63) is 0 Å². The minimum absolute atomic E-state index is 0.0417. The first-order valence-corrected chi connectivity index (χ1v) is 9.45. The highest BCUT2D eigenvalue weighted by Gasteiger charge is 2.54. The summed E-state index contributed by atoms with van der Waals surface area (Å²) >= 11 is 0. The van der Waals surface area contributed by atoms with Crippen LogP contribution in [0.1, 0.15) is 44.9 Å².